The molecular formula is C24H29NO5S2. The van der Waals surface area contributed by atoms with Crippen LogP contribution in [0.2, 0.25) is 0 Å². The lowest BCUT2D eigenvalue weighted by Crippen LogP contribution is -2.41. The second-order valence-electron chi connectivity index (χ2n) is 7.86. The normalized spacial score (nSPS) is 19.9. The Morgan fingerprint density at radius 3 is 2.66 bits per heavy atom. The largest absolute Gasteiger partial charge is 0.480 e. The zero-order valence-corrected chi connectivity index (χ0v) is 19.8. The van der Waals surface area contributed by atoms with E-state index in [1.807, 2.05) is 47.8 Å². The molecule has 2 aromatic rings. The van der Waals surface area contributed by atoms with Gasteiger partial charge in [0.1, 0.15) is 6.54 Å². The van der Waals surface area contributed by atoms with Crippen LogP contribution in [0.1, 0.15) is 35.5 Å². The lowest BCUT2D eigenvalue weighted by Gasteiger charge is -2.25. The van der Waals surface area contributed by atoms with Crippen LogP contribution in [0, 0.1) is 11.8 Å². The molecule has 1 aromatic carbocycles. The van der Waals surface area contributed by atoms with Gasteiger partial charge < -0.3 is 14.7 Å². The van der Waals surface area contributed by atoms with E-state index < -0.39 is 17.8 Å². The minimum Gasteiger partial charge on any atom is -0.480 e. The molecule has 3 rings (SSSR count). The minimum absolute atomic E-state index is 0.0358. The van der Waals surface area contributed by atoms with E-state index in [4.69, 9.17) is 4.74 Å². The average molecular weight is 476 g/mol. The molecule has 8 heteroatoms. The van der Waals surface area contributed by atoms with Gasteiger partial charge in [0.2, 0.25) is 5.91 Å². The van der Waals surface area contributed by atoms with Gasteiger partial charge in [0.05, 0.1) is 17.8 Å². The number of amides is 1. The summed E-state index contributed by atoms with van der Waals surface area (Å²) in [6.45, 7) is 2.10. The average Bonchev–Trinajstić information content (AvgIpc) is 3.27. The smallest absolute Gasteiger partial charge is 0.323 e. The fourth-order valence-electron chi connectivity index (χ4n) is 3.95. The van der Waals surface area contributed by atoms with Crippen molar-refractivity contribution in [2.45, 2.75) is 31.4 Å². The van der Waals surface area contributed by atoms with E-state index in [0.717, 1.165) is 16.9 Å². The summed E-state index contributed by atoms with van der Waals surface area (Å²) in [7, 11) is 0. The van der Waals surface area contributed by atoms with E-state index >= 15 is 0 Å². The number of carbonyl (C=O) groups is 3. The monoisotopic (exact) mass is 475 g/mol. The summed E-state index contributed by atoms with van der Waals surface area (Å²) in [5, 5.41) is 11.4. The SMILES string of the molecule is CCOC(=O)[C@H](CCc1ccccc1)CC1CS[C@H](c2cccs2)CN(CC(=O)O)C1=O. The fraction of sp³-hybridized carbons (Fsp3) is 0.458. The summed E-state index contributed by atoms with van der Waals surface area (Å²) < 4.78 is 5.31. The van der Waals surface area contributed by atoms with Crippen LogP contribution < -0.4 is 0 Å². The standard InChI is InChI=1S/C24H29NO5S2/c1-2-30-24(29)18(11-10-17-7-4-3-5-8-17)13-19-16-32-21(20-9-6-12-31-20)14-25(23(19)28)15-22(26)27/h3-9,12,18-19,21H,2,10-11,13-16H2,1H3,(H,26,27)/t18-,19?,21+/m1/s1. The third-order valence-corrected chi connectivity index (χ3v) is 8.08. The van der Waals surface area contributed by atoms with Crippen LogP contribution in [0.5, 0.6) is 0 Å². The Morgan fingerprint density at radius 2 is 2.00 bits per heavy atom. The molecule has 1 amide bonds. The van der Waals surface area contributed by atoms with Crippen molar-refractivity contribution in [3.05, 3.63) is 58.3 Å². The number of thiophene rings is 1. The molecule has 3 atom stereocenters. The molecule has 1 aliphatic rings. The van der Waals surface area contributed by atoms with Gasteiger partial charge in [-0.25, -0.2) is 0 Å². The summed E-state index contributed by atoms with van der Waals surface area (Å²) in [5.41, 5.74) is 1.13. The molecular weight excluding hydrogens is 446 g/mol. The summed E-state index contributed by atoms with van der Waals surface area (Å²) in [6, 6.07) is 13.9. The molecule has 1 saturated heterocycles. The van der Waals surface area contributed by atoms with Gasteiger partial charge in [0.25, 0.3) is 0 Å². The molecule has 0 aliphatic carbocycles. The molecule has 1 unspecified atom stereocenters. The highest BCUT2D eigenvalue weighted by Gasteiger charge is 2.36. The van der Waals surface area contributed by atoms with Crippen molar-refractivity contribution in [3.8, 4) is 0 Å². The van der Waals surface area contributed by atoms with E-state index in [-0.39, 0.29) is 23.7 Å². The molecule has 172 valence electrons. The maximum Gasteiger partial charge on any atom is 0.323 e. The molecule has 6 nitrogen and oxygen atoms in total. The summed E-state index contributed by atoms with van der Waals surface area (Å²) in [4.78, 5) is 40.0. The number of ether oxygens (including phenoxy) is 1. The number of carboxylic acids is 1. The van der Waals surface area contributed by atoms with Gasteiger partial charge >= 0.3 is 11.9 Å². The van der Waals surface area contributed by atoms with Gasteiger partial charge in [-0.15, -0.1) is 11.3 Å². The van der Waals surface area contributed by atoms with E-state index in [0.29, 0.717) is 31.7 Å². The van der Waals surface area contributed by atoms with E-state index in [2.05, 4.69) is 0 Å². The van der Waals surface area contributed by atoms with Crippen LogP contribution >= 0.6 is 23.1 Å². The number of benzene rings is 1. The third kappa shape index (κ3) is 6.84. The number of aryl methyl sites for hydroxylation is 1. The second kappa shape index (κ2) is 12.1. The number of carboxylic acid groups (broad SMARTS) is 1. The van der Waals surface area contributed by atoms with Crippen molar-refractivity contribution in [2.75, 3.05) is 25.4 Å². The Morgan fingerprint density at radius 1 is 1.22 bits per heavy atom. The number of nitrogens with zero attached hydrogens (tertiary/aromatic N) is 1. The minimum atomic E-state index is -1.03. The fourth-order valence-corrected chi connectivity index (χ4v) is 6.29. The van der Waals surface area contributed by atoms with E-state index in [9.17, 15) is 19.5 Å². The van der Waals surface area contributed by atoms with Crippen molar-refractivity contribution < 1.29 is 24.2 Å². The van der Waals surface area contributed by atoms with Crippen LogP contribution in [0.4, 0.5) is 0 Å². The van der Waals surface area contributed by atoms with Crippen LogP contribution in [0.3, 0.4) is 0 Å². The zero-order valence-electron chi connectivity index (χ0n) is 18.1. The predicted molar refractivity (Wildman–Crippen MR) is 127 cm³/mol. The van der Waals surface area contributed by atoms with Gasteiger partial charge in [0.15, 0.2) is 0 Å². The molecule has 0 bridgehead atoms. The molecule has 1 aliphatic heterocycles. The van der Waals surface area contributed by atoms with Gasteiger partial charge in [-0.3, -0.25) is 14.4 Å². The van der Waals surface area contributed by atoms with Crippen LogP contribution in [0.15, 0.2) is 47.8 Å². The Labute approximate surface area is 197 Å². The third-order valence-electron chi connectivity index (χ3n) is 5.55. The van der Waals surface area contributed by atoms with Gasteiger partial charge in [-0.2, -0.15) is 11.8 Å². The Kier molecular flexibility index (Phi) is 9.17. The molecule has 1 N–H and O–H groups in total. The Bertz CT molecular complexity index is 887. The van der Waals surface area contributed by atoms with Crippen LogP contribution in [-0.2, 0) is 25.5 Å². The van der Waals surface area contributed by atoms with Crippen LogP contribution in [-0.4, -0.2) is 53.3 Å². The Hall–Kier alpha value is -2.32. The highest BCUT2D eigenvalue weighted by Crippen LogP contribution is 2.38. The molecule has 0 radical (unpaired) electrons. The van der Waals surface area contributed by atoms with Crippen molar-refractivity contribution in [1.82, 2.24) is 4.90 Å². The molecule has 0 spiro atoms. The molecule has 2 heterocycles. The second-order valence-corrected chi connectivity index (χ2v) is 10.1. The Balaban J connectivity index is 1.75. The highest BCUT2D eigenvalue weighted by atomic mass is 32.2. The first-order valence-electron chi connectivity index (χ1n) is 10.8. The highest BCUT2D eigenvalue weighted by molar-refractivity contribution is 7.99. The van der Waals surface area contributed by atoms with Gasteiger partial charge in [-0.1, -0.05) is 36.4 Å². The predicted octanol–water partition coefficient (Wildman–Crippen LogP) is 4.27. The first-order valence-corrected chi connectivity index (χ1v) is 12.8. The van der Waals surface area contributed by atoms with E-state index in [1.165, 1.54) is 4.90 Å². The quantitative estimate of drug-likeness (QED) is 0.517. The van der Waals surface area contributed by atoms with Crippen molar-refractivity contribution >= 4 is 40.9 Å². The molecule has 32 heavy (non-hydrogen) atoms. The number of aliphatic carboxylic acids is 1. The number of esters is 1. The van der Waals surface area contributed by atoms with Gasteiger partial charge in [0, 0.05) is 23.1 Å². The maximum atomic E-state index is 13.3. The molecule has 1 fully saturated rings. The van der Waals surface area contributed by atoms with Gasteiger partial charge in [-0.05, 0) is 43.2 Å². The topological polar surface area (TPSA) is 83.9 Å². The van der Waals surface area contributed by atoms with Crippen molar-refractivity contribution in [1.29, 1.82) is 0 Å². The summed E-state index contributed by atoms with van der Waals surface area (Å²) in [5.74, 6) is -1.78. The maximum absolute atomic E-state index is 13.3. The lowest BCUT2D eigenvalue weighted by atomic mass is 9.89. The van der Waals surface area contributed by atoms with Crippen molar-refractivity contribution in [2.24, 2.45) is 11.8 Å². The van der Waals surface area contributed by atoms with Crippen LogP contribution in [0.25, 0.3) is 0 Å². The van der Waals surface area contributed by atoms with Crippen molar-refractivity contribution in [3.63, 3.8) is 0 Å². The first-order chi connectivity index (χ1) is 15.5. The number of rotatable bonds is 10. The number of hydrogen-bond donors (Lipinski definition) is 1. The van der Waals surface area contributed by atoms with E-state index in [1.54, 1.807) is 30.0 Å². The first kappa shape index (κ1) is 24.3. The number of hydrogen-bond acceptors (Lipinski definition) is 6. The zero-order chi connectivity index (χ0) is 22.9. The molecule has 1 aromatic heterocycles. The number of thioether (sulfide) groups is 1. The number of carbonyl (C=O) groups excluding carboxylic acids is 2. The summed E-state index contributed by atoms with van der Waals surface area (Å²) >= 11 is 3.28. The summed E-state index contributed by atoms with van der Waals surface area (Å²) in [6.07, 6.45) is 1.67. The molecule has 0 saturated carbocycles. The lowest BCUT2D eigenvalue weighted by molar-refractivity contribution is -0.150.